The molecule has 0 bridgehead atoms. The van der Waals surface area contributed by atoms with Crippen LogP contribution in [0.4, 0.5) is 5.95 Å². The van der Waals surface area contributed by atoms with Crippen LogP contribution in [-0.4, -0.2) is 21.1 Å². The SMILES string of the molecule is Cc1nnc(NN=Cc2cccc(Oc3ccccc3)c2)n1N.Cl. The Hall–Kier alpha value is -3.06. The van der Waals surface area contributed by atoms with Gasteiger partial charge in [-0.05, 0) is 36.8 Å². The molecule has 3 rings (SSSR count). The molecular formula is C16H17ClN6O. The molecule has 2 aromatic carbocycles. The number of nitrogen functional groups attached to an aromatic ring is 1. The van der Waals surface area contributed by atoms with E-state index in [1.807, 2.05) is 54.6 Å². The molecule has 0 saturated heterocycles. The van der Waals surface area contributed by atoms with Gasteiger partial charge in [0.15, 0.2) is 5.82 Å². The molecule has 24 heavy (non-hydrogen) atoms. The number of ether oxygens (including phenoxy) is 1. The fraction of sp³-hybridized carbons (Fsp3) is 0.0625. The third-order valence-electron chi connectivity index (χ3n) is 3.08. The van der Waals surface area contributed by atoms with Crippen LogP contribution in [0.2, 0.25) is 0 Å². The second kappa shape index (κ2) is 7.98. The zero-order valence-corrected chi connectivity index (χ0v) is 13.8. The first-order chi connectivity index (χ1) is 11.2. The van der Waals surface area contributed by atoms with Crippen molar-refractivity contribution in [3.05, 3.63) is 66.0 Å². The topological polar surface area (TPSA) is 90.4 Å². The van der Waals surface area contributed by atoms with Gasteiger partial charge in [-0.3, -0.25) is 0 Å². The molecule has 7 nitrogen and oxygen atoms in total. The van der Waals surface area contributed by atoms with E-state index in [9.17, 15) is 0 Å². The highest BCUT2D eigenvalue weighted by atomic mass is 35.5. The van der Waals surface area contributed by atoms with E-state index in [-0.39, 0.29) is 12.4 Å². The van der Waals surface area contributed by atoms with Crippen LogP contribution >= 0.6 is 12.4 Å². The summed E-state index contributed by atoms with van der Waals surface area (Å²) in [4.78, 5) is 0. The van der Waals surface area contributed by atoms with Crippen molar-refractivity contribution in [1.82, 2.24) is 14.9 Å². The number of hydrazone groups is 1. The van der Waals surface area contributed by atoms with Crippen molar-refractivity contribution in [3.63, 3.8) is 0 Å². The van der Waals surface area contributed by atoms with Gasteiger partial charge < -0.3 is 10.6 Å². The van der Waals surface area contributed by atoms with E-state index in [1.54, 1.807) is 13.1 Å². The second-order valence-corrected chi connectivity index (χ2v) is 4.80. The lowest BCUT2D eigenvalue weighted by molar-refractivity contribution is 0.482. The van der Waals surface area contributed by atoms with Gasteiger partial charge in [-0.15, -0.1) is 22.6 Å². The summed E-state index contributed by atoms with van der Waals surface area (Å²) in [7, 11) is 0. The summed E-state index contributed by atoms with van der Waals surface area (Å²) in [6.07, 6.45) is 1.65. The average Bonchev–Trinajstić information content (AvgIpc) is 2.88. The van der Waals surface area contributed by atoms with Crippen molar-refractivity contribution in [1.29, 1.82) is 0 Å². The number of anilines is 1. The lowest BCUT2D eigenvalue weighted by Gasteiger charge is -2.05. The van der Waals surface area contributed by atoms with Gasteiger partial charge in [0.25, 0.3) is 5.95 Å². The minimum absolute atomic E-state index is 0. The molecule has 8 heteroatoms. The quantitative estimate of drug-likeness (QED) is 0.422. The van der Waals surface area contributed by atoms with Gasteiger partial charge in [0.2, 0.25) is 0 Å². The maximum atomic E-state index is 5.78. The highest BCUT2D eigenvalue weighted by molar-refractivity contribution is 5.85. The predicted molar refractivity (Wildman–Crippen MR) is 96.3 cm³/mol. The van der Waals surface area contributed by atoms with E-state index in [0.29, 0.717) is 11.8 Å². The Bertz CT molecular complexity index is 818. The zero-order valence-electron chi connectivity index (χ0n) is 13.0. The molecule has 0 spiro atoms. The third-order valence-corrected chi connectivity index (χ3v) is 3.08. The van der Waals surface area contributed by atoms with E-state index in [4.69, 9.17) is 10.6 Å². The molecule has 1 aromatic heterocycles. The summed E-state index contributed by atoms with van der Waals surface area (Å²) in [6.45, 7) is 1.76. The maximum Gasteiger partial charge on any atom is 0.263 e. The molecule has 0 unspecified atom stereocenters. The van der Waals surface area contributed by atoms with E-state index in [2.05, 4.69) is 20.7 Å². The molecule has 1 heterocycles. The fourth-order valence-electron chi connectivity index (χ4n) is 1.89. The minimum atomic E-state index is 0. The summed E-state index contributed by atoms with van der Waals surface area (Å²) < 4.78 is 7.10. The molecule has 124 valence electrons. The molecule has 3 aromatic rings. The van der Waals surface area contributed by atoms with Crippen LogP contribution in [-0.2, 0) is 0 Å². The monoisotopic (exact) mass is 344 g/mol. The number of nitrogens with one attached hydrogen (secondary N) is 1. The normalized spacial score (nSPS) is 10.4. The number of hydrogen-bond acceptors (Lipinski definition) is 6. The summed E-state index contributed by atoms with van der Waals surface area (Å²) in [5.74, 6) is 8.21. The van der Waals surface area contributed by atoms with Crippen molar-refractivity contribution in [2.75, 3.05) is 11.3 Å². The smallest absolute Gasteiger partial charge is 0.263 e. The third kappa shape index (κ3) is 4.23. The van der Waals surface area contributed by atoms with Crippen LogP contribution in [0.15, 0.2) is 59.7 Å². The Morgan fingerprint density at radius 3 is 2.54 bits per heavy atom. The summed E-state index contributed by atoms with van der Waals surface area (Å²) in [5, 5.41) is 11.8. The number of para-hydroxylation sites is 1. The summed E-state index contributed by atoms with van der Waals surface area (Å²) in [6, 6.07) is 17.2. The Kier molecular flexibility index (Phi) is 5.75. The van der Waals surface area contributed by atoms with Crippen LogP contribution in [0.25, 0.3) is 0 Å². The standard InChI is InChI=1S/C16H16N6O.ClH/c1-12-19-21-16(22(12)17)20-18-11-13-6-5-9-15(10-13)23-14-7-3-2-4-8-14;/h2-11H,17H2,1H3,(H,20,21);1H. The first kappa shape index (κ1) is 17.3. The molecule has 0 saturated carbocycles. The lowest BCUT2D eigenvalue weighted by atomic mass is 10.2. The van der Waals surface area contributed by atoms with Crippen LogP contribution in [0.5, 0.6) is 11.5 Å². The number of nitrogens with two attached hydrogens (primary N) is 1. The molecule has 0 atom stereocenters. The number of halogens is 1. The van der Waals surface area contributed by atoms with E-state index in [1.165, 1.54) is 4.68 Å². The summed E-state index contributed by atoms with van der Waals surface area (Å²) in [5.41, 5.74) is 3.62. The fourth-order valence-corrected chi connectivity index (χ4v) is 1.89. The van der Waals surface area contributed by atoms with Crippen molar-refractivity contribution in [2.45, 2.75) is 6.92 Å². The Morgan fingerprint density at radius 1 is 1.08 bits per heavy atom. The van der Waals surface area contributed by atoms with Crippen LogP contribution in [0.3, 0.4) is 0 Å². The second-order valence-electron chi connectivity index (χ2n) is 4.80. The van der Waals surface area contributed by atoms with Crippen molar-refractivity contribution >= 4 is 24.6 Å². The van der Waals surface area contributed by atoms with Gasteiger partial charge in [-0.1, -0.05) is 30.3 Å². The highest BCUT2D eigenvalue weighted by Crippen LogP contribution is 2.21. The molecule has 0 amide bonds. The lowest BCUT2D eigenvalue weighted by Crippen LogP contribution is -2.13. The maximum absolute atomic E-state index is 5.78. The number of nitrogens with zero attached hydrogens (tertiary/aromatic N) is 4. The van der Waals surface area contributed by atoms with Gasteiger partial charge in [-0.25, -0.2) is 10.1 Å². The van der Waals surface area contributed by atoms with Gasteiger partial charge in [0.05, 0.1) is 6.21 Å². The first-order valence-corrected chi connectivity index (χ1v) is 7.01. The molecule has 0 aliphatic rings. The van der Waals surface area contributed by atoms with Gasteiger partial charge in [0.1, 0.15) is 11.5 Å². The molecular weight excluding hydrogens is 328 g/mol. The first-order valence-electron chi connectivity index (χ1n) is 7.01. The van der Waals surface area contributed by atoms with Gasteiger partial charge >= 0.3 is 0 Å². The number of aromatic nitrogens is 3. The van der Waals surface area contributed by atoms with Gasteiger partial charge in [-0.2, -0.15) is 5.10 Å². The van der Waals surface area contributed by atoms with E-state index in [0.717, 1.165) is 17.1 Å². The van der Waals surface area contributed by atoms with Crippen LogP contribution < -0.4 is 16.0 Å². The van der Waals surface area contributed by atoms with Gasteiger partial charge in [0, 0.05) is 0 Å². The predicted octanol–water partition coefficient (Wildman–Crippen LogP) is 2.96. The Balaban J connectivity index is 0.00000208. The van der Waals surface area contributed by atoms with Crippen molar-refractivity contribution < 1.29 is 4.74 Å². The average molecular weight is 345 g/mol. The molecule has 0 radical (unpaired) electrons. The Labute approximate surface area is 145 Å². The molecule has 0 aliphatic heterocycles. The number of aryl methyl sites for hydroxylation is 1. The van der Waals surface area contributed by atoms with E-state index >= 15 is 0 Å². The zero-order chi connectivity index (χ0) is 16.1. The highest BCUT2D eigenvalue weighted by Gasteiger charge is 2.03. The number of benzene rings is 2. The largest absolute Gasteiger partial charge is 0.457 e. The number of rotatable bonds is 5. The Morgan fingerprint density at radius 2 is 1.83 bits per heavy atom. The van der Waals surface area contributed by atoms with E-state index < -0.39 is 0 Å². The van der Waals surface area contributed by atoms with Crippen molar-refractivity contribution in [3.8, 4) is 11.5 Å². The molecule has 0 aliphatic carbocycles. The van der Waals surface area contributed by atoms with Crippen LogP contribution in [0, 0.1) is 6.92 Å². The molecule has 3 N–H and O–H groups in total. The number of hydrogen-bond donors (Lipinski definition) is 2. The van der Waals surface area contributed by atoms with Crippen LogP contribution in [0.1, 0.15) is 11.4 Å². The minimum Gasteiger partial charge on any atom is -0.457 e. The van der Waals surface area contributed by atoms with Crippen molar-refractivity contribution in [2.24, 2.45) is 5.10 Å². The summed E-state index contributed by atoms with van der Waals surface area (Å²) >= 11 is 0. The molecule has 0 fully saturated rings.